The zero-order valence-electron chi connectivity index (χ0n) is 19.6. The lowest BCUT2D eigenvalue weighted by Gasteiger charge is -2.24. The van der Waals surface area contributed by atoms with E-state index in [4.69, 9.17) is 16.3 Å². The molecule has 3 rings (SSSR count). The van der Waals surface area contributed by atoms with Crippen LogP contribution in [0.15, 0.2) is 36.4 Å². The van der Waals surface area contributed by atoms with Gasteiger partial charge in [0.25, 0.3) is 0 Å². The van der Waals surface area contributed by atoms with Gasteiger partial charge in [0.15, 0.2) is 0 Å². The molecule has 0 saturated carbocycles. The van der Waals surface area contributed by atoms with Crippen LogP contribution < -0.4 is 14.4 Å². The maximum absolute atomic E-state index is 12.7. The highest BCUT2D eigenvalue weighted by Crippen LogP contribution is 2.30. The molecule has 0 spiro atoms. The number of ether oxygens (including phenoxy) is 1. The van der Waals surface area contributed by atoms with E-state index in [1.165, 1.54) is 35.4 Å². The Bertz CT molecular complexity index is 1090. The summed E-state index contributed by atoms with van der Waals surface area (Å²) in [5.74, 6) is 0.391. The van der Waals surface area contributed by atoms with Gasteiger partial charge in [-0.2, -0.15) is 0 Å². The molecular weight excluding hydrogens is 460 g/mol. The van der Waals surface area contributed by atoms with Crippen molar-refractivity contribution < 1.29 is 17.9 Å². The molecule has 0 saturated heterocycles. The van der Waals surface area contributed by atoms with E-state index >= 15 is 0 Å². The quantitative estimate of drug-likeness (QED) is 0.504. The molecule has 33 heavy (non-hydrogen) atoms. The number of rotatable bonds is 10. The molecule has 1 atom stereocenters. The topological polar surface area (TPSA) is 75.7 Å². The first-order valence-electron chi connectivity index (χ1n) is 11.4. The number of fused-ring (bicyclic) bond motifs is 1. The van der Waals surface area contributed by atoms with Crippen molar-refractivity contribution in [1.82, 2.24) is 5.32 Å². The number of methoxy groups -OCH3 is 1. The van der Waals surface area contributed by atoms with Crippen LogP contribution in [-0.2, 0) is 27.7 Å². The molecule has 0 fully saturated rings. The normalized spacial score (nSPS) is 14.3. The van der Waals surface area contributed by atoms with Crippen LogP contribution in [0.3, 0.4) is 0 Å². The van der Waals surface area contributed by atoms with Crippen molar-refractivity contribution in [2.75, 3.05) is 24.2 Å². The molecule has 2 aromatic carbocycles. The van der Waals surface area contributed by atoms with Gasteiger partial charge in [0.05, 0.1) is 30.1 Å². The van der Waals surface area contributed by atoms with E-state index in [2.05, 4.69) is 30.4 Å². The van der Waals surface area contributed by atoms with Crippen molar-refractivity contribution in [1.29, 1.82) is 0 Å². The molecule has 1 unspecified atom stereocenters. The predicted octanol–water partition coefficient (Wildman–Crippen LogP) is 5.04. The highest BCUT2D eigenvalue weighted by atomic mass is 35.5. The molecule has 1 aliphatic rings. The minimum absolute atomic E-state index is 0.0452. The summed E-state index contributed by atoms with van der Waals surface area (Å²) in [6.45, 7) is 2.24. The van der Waals surface area contributed by atoms with Gasteiger partial charge in [-0.05, 0) is 73.4 Å². The Morgan fingerprint density at radius 2 is 1.88 bits per heavy atom. The van der Waals surface area contributed by atoms with E-state index in [0.717, 1.165) is 31.1 Å². The summed E-state index contributed by atoms with van der Waals surface area (Å²) in [6.07, 6.45) is 7.27. The minimum Gasteiger partial charge on any atom is -0.495 e. The fourth-order valence-electron chi connectivity index (χ4n) is 4.34. The van der Waals surface area contributed by atoms with Crippen molar-refractivity contribution in [2.24, 2.45) is 0 Å². The fourth-order valence-corrected chi connectivity index (χ4v) is 5.55. The highest BCUT2D eigenvalue weighted by molar-refractivity contribution is 7.92. The van der Waals surface area contributed by atoms with Crippen molar-refractivity contribution in [3.8, 4) is 5.75 Å². The van der Waals surface area contributed by atoms with Crippen LogP contribution >= 0.6 is 11.6 Å². The van der Waals surface area contributed by atoms with Crippen LogP contribution in [0, 0.1) is 0 Å². The van der Waals surface area contributed by atoms with Gasteiger partial charge in [-0.15, -0.1) is 0 Å². The molecule has 0 aromatic heterocycles. The van der Waals surface area contributed by atoms with Gasteiger partial charge >= 0.3 is 0 Å². The highest BCUT2D eigenvalue weighted by Gasteiger charge is 2.20. The number of amides is 1. The van der Waals surface area contributed by atoms with Crippen LogP contribution in [0.2, 0.25) is 5.02 Å². The lowest BCUT2D eigenvalue weighted by atomic mass is 9.89. The van der Waals surface area contributed by atoms with Gasteiger partial charge in [0.2, 0.25) is 15.9 Å². The largest absolute Gasteiger partial charge is 0.495 e. The first kappa shape index (κ1) is 25.4. The smallest absolute Gasteiger partial charge is 0.232 e. The molecule has 180 valence electrons. The van der Waals surface area contributed by atoms with E-state index in [1.807, 2.05) is 0 Å². The molecule has 2 aromatic rings. The van der Waals surface area contributed by atoms with Crippen LogP contribution in [-0.4, -0.2) is 34.2 Å². The Kier molecular flexibility index (Phi) is 8.65. The fraction of sp³-hybridized carbons (Fsp3) is 0.480. The zero-order valence-corrected chi connectivity index (χ0v) is 21.1. The SMILES string of the molecule is CCC(NC(=O)CCCN(c1ccc(OC)c(Cl)c1)S(C)(=O)=O)c1ccc2c(c1)CCCC2. The summed E-state index contributed by atoms with van der Waals surface area (Å²) in [4.78, 5) is 12.7. The number of sulfonamides is 1. The summed E-state index contributed by atoms with van der Waals surface area (Å²) >= 11 is 6.17. The molecule has 1 aliphatic carbocycles. The van der Waals surface area contributed by atoms with Crippen LogP contribution in [0.1, 0.15) is 61.8 Å². The minimum atomic E-state index is -3.53. The molecule has 0 heterocycles. The Morgan fingerprint density at radius 1 is 1.15 bits per heavy atom. The van der Waals surface area contributed by atoms with Crippen LogP contribution in [0.25, 0.3) is 0 Å². The number of carbonyl (C=O) groups is 1. The number of benzene rings is 2. The van der Waals surface area contributed by atoms with E-state index in [1.54, 1.807) is 18.2 Å². The standard InChI is InChI=1S/C25H33ClN2O4S/c1-4-23(20-12-11-18-8-5-6-9-19(18)16-20)27-25(29)10-7-15-28(33(3,30)31)21-13-14-24(32-2)22(26)17-21/h11-14,16-17,23H,4-10,15H2,1-3H3,(H,27,29). The first-order chi connectivity index (χ1) is 15.7. The summed E-state index contributed by atoms with van der Waals surface area (Å²) in [6, 6.07) is 11.4. The third kappa shape index (κ3) is 6.64. The van der Waals surface area contributed by atoms with Crippen molar-refractivity contribution in [3.05, 3.63) is 58.1 Å². The van der Waals surface area contributed by atoms with Gasteiger partial charge in [-0.25, -0.2) is 8.42 Å². The van der Waals surface area contributed by atoms with E-state index < -0.39 is 10.0 Å². The van der Waals surface area contributed by atoms with Crippen molar-refractivity contribution in [2.45, 2.75) is 57.9 Å². The molecular formula is C25H33ClN2O4S. The predicted molar refractivity (Wildman–Crippen MR) is 134 cm³/mol. The molecule has 0 bridgehead atoms. The third-order valence-corrected chi connectivity index (χ3v) is 7.60. The average molecular weight is 493 g/mol. The van der Waals surface area contributed by atoms with Crippen LogP contribution in [0.4, 0.5) is 5.69 Å². The molecule has 0 aliphatic heterocycles. The van der Waals surface area contributed by atoms with E-state index in [0.29, 0.717) is 22.9 Å². The Hall–Kier alpha value is -2.25. The summed E-state index contributed by atoms with van der Waals surface area (Å²) in [7, 11) is -2.03. The third-order valence-electron chi connectivity index (χ3n) is 6.11. The Balaban J connectivity index is 1.61. The number of hydrogen-bond donors (Lipinski definition) is 1. The monoisotopic (exact) mass is 492 g/mol. The average Bonchev–Trinajstić information content (AvgIpc) is 2.79. The Morgan fingerprint density at radius 3 is 2.52 bits per heavy atom. The van der Waals surface area contributed by atoms with E-state index in [9.17, 15) is 13.2 Å². The number of carbonyl (C=O) groups excluding carboxylic acids is 1. The molecule has 1 N–H and O–H groups in total. The molecule has 0 radical (unpaired) electrons. The van der Waals surface area contributed by atoms with Gasteiger partial charge in [-0.1, -0.05) is 36.7 Å². The van der Waals surface area contributed by atoms with Crippen molar-refractivity contribution >= 4 is 33.2 Å². The van der Waals surface area contributed by atoms with Crippen LogP contribution in [0.5, 0.6) is 5.75 Å². The van der Waals surface area contributed by atoms with Crippen molar-refractivity contribution in [3.63, 3.8) is 0 Å². The number of halogens is 1. The number of aryl methyl sites for hydroxylation is 2. The lowest BCUT2D eigenvalue weighted by Crippen LogP contribution is -2.33. The summed E-state index contributed by atoms with van der Waals surface area (Å²) < 4.78 is 31.1. The number of anilines is 1. The lowest BCUT2D eigenvalue weighted by molar-refractivity contribution is -0.121. The maximum atomic E-state index is 12.7. The van der Waals surface area contributed by atoms with Gasteiger partial charge in [-0.3, -0.25) is 9.10 Å². The van der Waals surface area contributed by atoms with E-state index in [-0.39, 0.29) is 24.9 Å². The summed E-state index contributed by atoms with van der Waals surface area (Å²) in [5, 5.41) is 3.45. The molecule has 6 nitrogen and oxygen atoms in total. The second kappa shape index (κ2) is 11.3. The zero-order chi connectivity index (χ0) is 24.0. The van der Waals surface area contributed by atoms with Gasteiger partial charge < -0.3 is 10.1 Å². The molecule has 1 amide bonds. The van der Waals surface area contributed by atoms with Gasteiger partial charge in [0.1, 0.15) is 5.75 Å². The number of nitrogens with one attached hydrogen (secondary N) is 1. The number of nitrogens with zero attached hydrogens (tertiary/aromatic N) is 1. The maximum Gasteiger partial charge on any atom is 0.232 e. The second-order valence-electron chi connectivity index (χ2n) is 8.52. The first-order valence-corrected chi connectivity index (χ1v) is 13.7. The van der Waals surface area contributed by atoms with Gasteiger partial charge in [0, 0.05) is 13.0 Å². The summed E-state index contributed by atoms with van der Waals surface area (Å²) in [5.41, 5.74) is 4.40. The molecule has 8 heteroatoms. The Labute approximate surface area is 202 Å². The second-order valence-corrected chi connectivity index (χ2v) is 10.8. The number of hydrogen-bond acceptors (Lipinski definition) is 4.